The van der Waals surface area contributed by atoms with Gasteiger partial charge in [-0.1, -0.05) is 144 Å². The minimum absolute atomic E-state index is 0.180. The fraction of sp³-hybridized carbons (Fsp3) is 0.524. The highest BCUT2D eigenvalue weighted by atomic mass is 19.1. The zero-order chi connectivity index (χ0) is 35.5. The first-order valence-corrected chi connectivity index (χ1v) is 17.2. The van der Waals surface area contributed by atoms with Crippen molar-refractivity contribution in [3.63, 3.8) is 0 Å². The molecule has 0 saturated heterocycles. The SMILES string of the molecule is C#CC.C=C.C=C1Cc2cc(F)ccc2N1.CCC.CCCC.CCCC.CCCC.CCc1ccc(C2=CCOC2C)cc1. The normalized spacial score (nSPS) is 12.7. The highest BCUT2D eigenvalue weighted by Crippen LogP contribution is 2.27. The Labute approximate surface area is 280 Å². The van der Waals surface area contributed by atoms with Gasteiger partial charge in [-0.3, -0.25) is 0 Å². The van der Waals surface area contributed by atoms with Gasteiger partial charge >= 0.3 is 0 Å². The summed E-state index contributed by atoms with van der Waals surface area (Å²) in [5, 5.41) is 3.06. The molecule has 4 rings (SSSR count). The fourth-order valence-electron chi connectivity index (χ4n) is 3.12. The summed E-state index contributed by atoms with van der Waals surface area (Å²) in [5.41, 5.74) is 6.93. The van der Waals surface area contributed by atoms with Crippen LogP contribution in [0.3, 0.4) is 0 Å². The number of nitrogens with one attached hydrogen (secondary N) is 1. The molecule has 3 heteroatoms. The summed E-state index contributed by atoms with van der Waals surface area (Å²) in [6.07, 6.45) is 18.0. The standard InChI is InChI=1S/C13H16O.C9H8FN.3C4H10.C3H8.C3H4.C2H4/c1-3-11-4-6-12(7-5-11)13-8-9-14-10(13)2;1-6-4-7-5-8(10)2-3-9(7)11-6;3*1-3-4-2;2*1-3-2;1-2/h4-8,10H,3,9H2,1-2H3;2-3,5,11H,1,4H2;3*3-4H2,1-2H3;3H2,1-2H3;1H,2H3;1-2H2. The van der Waals surface area contributed by atoms with Crippen molar-refractivity contribution >= 4 is 11.3 Å². The number of anilines is 1. The second-order valence-corrected chi connectivity index (χ2v) is 10.4. The third-order valence-electron chi connectivity index (χ3n) is 6.07. The lowest BCUT2D eigenvalue weighted by Crippen LogP contribution is -2.02. The van der Waals surface area contributed by atoms with Crippen molar-refractivity contribution in [2.45, 2.75) is 140 Å². The van der Waals surface area contributed by atoms with Gasteiger partial charge in [-0.2, -0.15) is 0 Å². The van der Waals surface area contributed by atoms with Crippen LogP contribution in [0.2, 0.25) is 0 Å². The van der Waals surface area contributed by atoms with Crippen molar-refractivity contribution in [3.05, 3.63) is 96.5 Å². The van der Waals surface area contributed by atoms with Crippen LogP contribution in [0.1, 0.15) is 138 Å². The van der Waals surface area contributed by atoms with Gasteiger partial charge in [0.05, 0.1) is 12.7 Å². The van der Waals surface area contributed by atoms with E-state index < -0.39 is 0 Å². The average molecular weight is 624 g/mol. The Hall–Kier alpha value is -3.09. The minimum Gasteiger partial charge on any atom is -0.370 e. The van der Waals surface area contributed by atoms with Crippen LogP contribution < -0.4 is 5.32 Å². The molecule has 2 aromatic carbocycles. The van der Waals surface area contributed by atoms with Gasteiger partial charge in [0.25, 0.3) is 0 Å². The van der Waals surface area contributed by atoms with Crippen molar-refractivity contribution in [1.82, 2.24) is 0 Å². The van der Waals surface area contributed by atoms with Gasteiger partial charge in [-0.05, 0) is 60.7 Å². The Morgan fingerprint density at radius 1 is 0.844 bits per heavy atom. The molecule has 0 amide bonds. The number of terminal acetylenes is 1. The smallest absolute Gasteiger partial charge is 0.123 e. The van der Waals surface area contributed by atoms with Crippen molar-refractivity contribution in [3.8, 4) is 12.3 Å². The molecular formula is C42H70FNO. The van der Waals surface area contributed by atoms with E-state index >= 15 is 0 Å². The summed E-state index contributed by atoms with van der Waals surface area (Å²) in [6, 6.07) is 13.5. The summed E-state index contributed by atoms with van der Waals surface area (Å²) < 4.78 is 18.1. The van der Waals surface area contributed by atoms with Gasteiger partial charge in [0, 0.05) is 17.8 Å². The maximum atomic E-state index is 12.6. The lowest BCUT2D eigenvalue weighted by Gasteiger charge is -2.09. The summed E-state index contributed by atoms with van der Waals surface area (Å²) >= 11 is 0. The van der Waals surface area contributed by atoms with Crippen LogP contribution in [-0.2, 0) is 17.6 Å². The Balaban J connectivity index is -0.000000241. The Bertz CT molecular complexity index is 985. The molecule has 45 heavy (non-hydrogen) atoms. The van der Waals surface area contributed by atoms with Gasteiger partial charge in [0.2, 0.25) is 0 Å². The van der Waals surface area contributed by atoms with Gasteiger partial charge in [0.1, 0.15) is 5.82 Å². The van der Waals surface area contributed by atoms with E-state index in [0.29, 0.717) is 0 Å². The molecule has 2 aliphatic heterocycles. The number of halogens is 1. The van der Waals surface area contributed by atoms with Crippen LogP contribution in [0, 0.1) is 18.2 Å². The minimum atomic E-state index is -0.180. The van der Waals surface area contributed by atoms with Gasteiger partial charge in [-0.15, -0.1) is 25.5 Å². The number of hydrogen-bond donors (Lipinski definition) is 1. The maximum Gasteiger partial charge on any atom is 0.123 e. The summed E-state index contributed by atoms with van der Waals surface area (Å²) in [4.78, 5) is 0. The quantitative estimate of drug-likeness (QED) is 0.264. The largest absolute Gasteiger partial charge is 0.370 e. The van der Waals surface area contributed by atoms with Crippen LogP contribution in [0.15, 0.2) is 74.0 Å². The summed E-state index contributed by atoms with van der Waals surface area (Å²) in [5.74, 6) is 2.07. The van der Waals surface area contributed by atoms with Crippen molar-refractivity contribution in [2.75, 3.05) is 11.9 Å². The molecule has 0 fully saturated rings. The van der Waals surface area contributed by atoms with Crippen LogP contribution in [-0.4, -0.2) is 12.7 Å². The second kappa shape index (κ2) is 37.1. The summed E-state index contributed by atoms with van der Waals surface area (Å²) in [6.45, 7) is 33.8. The second-order valence-electron chi connectivity index (χ2n) is 10.4. The van der Waals surface area contributed by atoms with Crippen molar-refractivity contribution in [2.24, 2.45) is 0 Å². The first-order chi connectivity index (χ1) is 21.6. The molecule has 1 atom stereocenters. The topological polar surface area (TPSA) is 21.3 Å². The molecule has 256 valence electrons. The van der Waals surface area contributed by atoms with Crippen LogP contribution in [0.5, 0.6) is 0 Å². The fourth-order valence-corrected chi connectivity index (χ4v) is 3.12. The zero-order valence-corrected chi connectivity index (χ0v) is 31.3. The number of ether oxygens (including phenoxy) is 1. The third kappa shape index (κ3) is 28.1. The van der Waals surface area contributed by atoms with E-state index in [1.165, 1.54) is 67.7 Å². The van der Waals surface area contributed by atoms with Crippen molar-refractivity contribution < 1.29 is 9.13 Å². The van der Waals surface area contributed by atoms with E-state index in [-0.39, 0.29) is 11.9 Å². The molecule has 0 bridgehead atoms. The molecule has 2 heterocycles. The maximum absolute atomic E-state index is 12.6. The molecule has 2 aromatic rings. The molecule has 0 aliphatic carbocycles. The molecule has 2 nitrogen and oxygen atoms in total. The van der Waals surface area contributed by atoms with E-state index in [2.05, 4.69) is 137 Å². The van der Waals surface area contributed by atoms with Crippen LogP contribution >= 0.6 is 0 Å². The number of unbranched alkanes of at least 4 members (excludes halogenated alkanes) is 3. The third-order valence-corrected chi connectivity index (χ3v) is 6.07. The van der Waals surface area contributed by atoms with Crippen molar-refractivity contribution in [1.29, 1.82) is 0 Å². The van der Waals surface area contributed by atoms with E-state index in [1.54, 1.807) is 19.1 Å². The Morgan fingerprint density at radius 3 is 1.64 bits per heavy atom. The molecule has 0 spiro atoms. The molecule has 0 saturated carbocycles. The molecule has 1 N–H and O–H groups in total. The lowest BCUT2D eigenvalue weighted by atomic mass is 10.0. The van der Waals surface area contributed by atoms with Gasteiger partial charge in [0.15, 0.2) is 0 Å². The highest BCUT2D eigenvalue weighted by Gasteiger charge is 2.16. The lowest BCUT2D eigenvalue weighted by molar-refractivity contribution is 0.147. The van der Waals surface area contributed by atoms with Crippen LogP contribution in [0.4, 0.5) is 10.1 Å². The van der Waals surface area contributed by atoms with E-state index in [1.807, 2.05) is 0 Å². The number of benzene rings is 2. The Morgan fingerprint density at radius 2 is 1.29 bits per heavy atom. The highest BCUT2D eigenvalue weighted by molar-refractivity contribution is 5.70. The number of rotatable bonds is 5. The molecule has 0 radical (unpaired) electrons. The predicted molar refractivity (Wildman–Crippen MR) is 206 cm³/mol. The predicted octanol–water partition coefficient (Wildman–Crippen LogP) is 13.6. The summed E-state index contributed by atoms with van der Waals surface area (Å²) in [7, 11) is 0. The van der Waals surface area contributed by atoms with E-state index in [4.69, 9.17) is 4.74 Å². The average Bonchev–Trinajstić information content (AvgIpc) is 3.67. The van der Waals surface area contributed by atoms with Gasteiger partial charge < -0.3 is 10.1 Å². The zero-order valence-electron chi connectivity index (χ0n) is 31.3. The number of allylic oxidation sites excluding steroid dienone is 1. The number of fused-ring (bicyclic) bond motifs is 1. The molecule has 2 aliphatic rings. The van der Waals surface area contributed by atoms with E-state index in [0.717, 1.165) is 36.4 Å². The van der Waals surface area contributed by atoms with Gasteiger partial charge in [-0.25, -0.2) is 4.39 Å². The molecule has 0 aromatic heterocycles. The van der Waals surface area contributed by atoms with Crippen LogP contribution in [0.25, 0.3) is 5.57 Å². The number of aryl methyl sites for hydroxylation is 1. The molecule has 1 unspecified atom stereocenters. The first-order valence-electron chi connectivity index (χ1n) is 17.2. The number of hydrogen-bond acceptors (Lipinski definition) is 2. The first kappa shape index (κ1) is 48.8. The Kier molecular flexibility index (Phi) is 40.2. The monoisotopic (exact) mass is 624 g/mol. The molecular weight excluding hydrogens is 553 g/mol. The van der Waals surface area contributed by atoms with E-state index in [9.17, 15) is 4.39 Å².